The number of hydrogen-bond acceptors (Lipinski definition) is 5. The summed E-state index contributed by atoms with van der Waals surface area (Å²) in [6.07, 6.45) is 2.67. The van der Waals surface area contributed by atoms with Crippen LogP contribution in [0.3, 0.4) is 0 Å². The van der Waals surface area contributed by atoms with Gasteiger partial charge in [-0.15, -0.1) is 0 Å². The maximum atomic E-state index is 13.1. The minimum absolute atomic E-state index is 0.0705. The minimum Gasteiger partial charge on any atom is -0.512 e. The third-order valence-corrected chi connectivity index (χ3v) is 5.16. The first-order chi connectivity index (χ1) is 14.1. The first kappa shape index (κ1) is 25.1. The predicted molar refractivity (Wildman–Crippen MR) is 117 cm³/mol. The highest BCUT2D eigenvalue weighted by Gasteiger charge is 2.25. The van der Waals surface area contributed by atoms with Crippen molar-refractivity contribution in [1.82, 2.24) is 4.90 Å². The SMILES string of the molecule is CCCN(C)C(=O)c1c(N(C)C=O)ccc(C(=O)/C(C)=C(\O)CC(C)CC=O)c1C. The lowest BCUT2D eigenvalue weighted by Crippen LogP contribution is -2.31. The number of hydrogen-bond donors (Lipinski definition) is 1. The van der Waals surface area contributed by atoms with Gasteiger partial charge in [-0.3, -0.25) is 14.4 Å². The molecule has 0 aromatic heterocycles. The highest BCUT2D eigenvalue weighted by molar-refractivity contribution is 6.13. The van der Waals surface area contributed by atoms with Crippen LogP contribution in [0.15, 0.2) is 23.5 Å². The van der Waals surface area contributed by atoms with Crippen LogP contribution in [-0.4, -0.2) is 55.0 Å². The summed E-state index contributed by atoms with van der Waals surface area (Å²) in [5, 5.41) is 10.4. The third-order valence-electron chi connectivity index (χ3n) is 5.16. The van der Waals surface area contributed by atoms with Crippen molar-refractivity contribution in [3.8, 4) is 0 Å². The Morgan fingerprint density at radius 1 is 1.20 bits per heavy atom. The van der Waals surface area contributed by atoms with Crippen molar-refractivity contribution in [3.63, 3.8) is 0 Å². The first-order valence-electron chi connectivity index (χ1n) is 10.0. The molecule has 1 N–H and O–H groups in total. The molecule has 1 aromatic carbocycles. The van der Waals surface area contributed by atoms with E-state index >= 15 is 0 Å². The van der Waals surface area contributed by atoms with Gasteiger partial charge in [-0.25, -0.2) is 0 Å². The lowest BCUT2D eigenvalue weighted by Gasteiger charge is -2.24. The van der Waals surface area contributed by atoms with Crippen molar-refractivity contribution in [1.29, 1.82) is 0 Å². The van der Waals surface area contributed by atoms with E-state index in [1.807, 2.05) is 13.8 Å². The van der Waals surface area contributed by atoms with Crippen LogP contribution in [-0.2, 0) is 9.59 Å². The molecule has 30 heavy (non-hydrogen) atoms. The molecule has 0 saturated carbocycles. The summed E-state index contributed by atoms with van der Waals surface area (Å²) >= 11 is 0. The quantitative estimate of drug-likeness (QED) is 0.257. The Balaban J connectivity index is 3.49. The second kappa shape index (κ2) is 11.3. The zero-order valence-corrected chi connectivity index (χ0v) is 18.7. The zero-order valence-electron chi connectivity index (χ0n) is 18.7. The summed E-state index contributed by atoms with van der Waals surface area (Å²) in [5.74, 6) is -0.831. The van der Waals surface area contributed by atoms with Crippen LogP contribution in [0.2, 0.25) is 0 Å². The molecule has 1 unspecified atom stereocenters. The summed E-state index contributed by atoms with van der Waals surface area (Å²) < 4.78 is 0. The molecule has 0 aliphatic heterocycles. The van der Waals surface area contributed by atoms with E-state index in [0.29, 0.717) is 36.2 Å². The van der Waals surface area contributed by atoms with E-state index in [-0.39, 0.29) is 35.1 Å². The zero-order chi connectivity index (χ0) is 23.0. The number of aliphatic hydroxyl groups excluding tert-OH is 1. The summed E-state index contributed by atoms with van der Waals surface area (Å²) in [6, 6.07) is 3.14. The topological polar surface area (TPSA) is 95.0 Å². The Bertz CT molecular complexity index is 844. The van der Waals surface area contributed by atoms with Crippen LogP contribution in [0.4, 0.5) is 5.69 Å². The molecule has 0 aliphatic carbocycles. The van der Waals surface area contributed by atoms with E-state index in [1.54, 1.807) is 38.1 Å². The van der Waals surface area contributed by atoms with E-state index < -0.39 is 5.78 Å². The van der Waals surface area contributed by atoms with Gasteiger partial charge < -0.3 is 19.7 Å². The number of amides is 2. The number of anilines is 1. The fraction of sp³-hybridized carbons (Fsp3) is 0.478. The van der Waals surface area contributed by atoms with Crippen molar-refractivity contribution in [3.05, 3.63) is 40.2 Å². The minimum atomic E-state index is -0.393. The van der Waals surface area contributed by atoms with Gasteiger partial charge in [0.25, 0.3) is 5.91 Å². The van der Waals surface area contributed by atoms with E-state index in [9.17, 15) is 24.3 Å². The number of carbonyl (C=O) groups excluding carboxylic acids is 4. The molecular weight excluding hydrogens is 384 g/mol. The Hall–Kier alpha value is -2.96. The van der Waals surface area contributed by atoms with Gasteiger partial charge in [0.1, 0.15) is 6.29 Å². The van der Waals surface area contributed by atoms with Crippen molar-refractivity contribution >= 4 is 30.1 Å². The molecule has 0 radical (unpaired) electrons. The van der Waals surface area contributed by atoms with Gasteiger partial charge in [0.05, 0.1) is 17.0 Å². The number of benzene rings is 1. The molecule has 0 spiro atoms. The van der Waals surface area contributed by atoms with Gasteiger partial charge in [-0.05, 0) is 43.9 Å². The number of Topliss-reactive ketones (excluding diaryl/α,β-unsaturated/α-hetero) is 1. The number of carbonyl (C=O) groups is 4. The summed E-state index contributed by atoms with van der Waals surface area (Å²) in [6.45, 7) is 7.51. The maximum absolute atomic E-state index is 13.1. The third kappa shape index (κ3) is 5.78. The number of aldehydes is 1. The molecule has 7 heteroatoms. The molecule has 0 heterocycles. The summed E-state index contributed by atoms with van der Waals surface area (Å²) in [7, 11) is 3.22. The number of aliphatic hydroxyl groups is 1. The lowest BCUT2D eigenvalue weighted by atomic mass is 9.92. The Kier molecular flexibility index (Phi) is 9.43. The van der Waals surface area contributed by atoms with Gasteiger partial charge in [0.2, 0.25) is 6.41 Å². The molecule has 0 bridgehead atoms. The van der Waals surface area contributed by atoms with Crippen molar-refractivity contribution in [2.45, 2.75) is 47.0 Å². The van der Waals surface area contributed by atoms with Crippen LogP contribution in [0.1, 0.15) is 66.3 Å². The molecule has 1 rings (SSSR count). The number of nitrogens with zero attached hydrogens (tertiary/aromatic N) is 2. The molecule has 1 aromatic rings. The fourth-order valence-corrected chi connectivity index (χ4v) is 3.26. The van der Waals surface area contributed by atoms with Gasteiger partial charge in [0, 0.05) is 44.6 Å². The van der Waals surface area contributed by atoms with Gasteiger partial charge >= 0.3 is 0 Å². The molecule has 0 saturated heterocycles. The molecule has 0 aliphatic rings. The Morgan fingerprint density at radius 3 is 2.37 bits per heavy atom. The monoisotopic (exact) mass is 416 g/mol. The molecule has 0 fully saturated rings. The standard InChI is InChI=1S/C23H32N2O5/c1-7-11-24(5)23(30)21-16(3)18(8-9-19(21)25(6)14-27)22(29)17(4)20(28)13-15(2)10-12-26/h8-9,12,14-15,28H,7,10-11,13H2,1-6H3/b20-17-. The van der Waals surface area contributed by atoms with Crippen molar-refractivity contribution in [2.75, 3.05) is 25.5 Å². The Morgan fingerprint density at radius 2 is 1.83 bits per heavy atom. The number of ketones is 1. The van der Waals surface area contributed by atoms with Crippen LogP contribution in [0, 0.1) is 12.8 Å². The van der Waals surface area contributed by atoms with E-state index in [2.05, 4.69) is 0 Å². The second-order valence-electron chi connectivity index (χ2n) is 7.69. The molecule has 1 atom stereocenters. The Labute approximate surface area is 178 Å². The summed E-state index contributed by atoms with van der Waals surface area (Å²) in [4.78, 5) is 51.0. The largest absolute Gasteiger partial charge is 0.512 e. The lowest BCUT2D eigenvalue weighted by molar-refractivity contribution is -0.108. The smallest absolute Gasteiger partial charge is 0.256 e. The average molecular weight is 417 g/mol. The maximum Gasteiger partial charge on any atom is 0.256 e. The van der Waals surface area contributed by atoms with E-state index in [4.69, 9.17) is 0 Å². The average Bonchev–Trinajstić information content (AvgIpc) is 2.71. The van der Waals surface area contributed by atoms with Crippen LogP contribution >= 0.6 is 0 Å². The number of allylic oxidation sites excluding steroid dienone is 2. The highest BCUT2D eigenvalue weighted by Crippen LogP contribution is 2.29. The first-order valence-corrected chi connectivity index (χ1v) is 10.0. The van der Waals surface area contributed by atoms with Gasteiger partial charge in [-0.1, -0.05) is 13.8 Å². The van der Waals surface area contributed by atoms with Gasteiger partial charge in [0.15, 0.2) is 5.78 Å². The normalized spacial score (nSPS) is 12.6. The molecule has 2 amide bonds. The fourth-order valence-electron chi connectivity index (χ4n) is 3.26. The second-order valence-corrected chi connectivity index (χ2v) is 7.69. The highest BCUT2D eigenvalue weighted by atomic mass is 16.3. The van der Waals surface area contributed by atoms with E-state index in [1.165, 1.54) is 11.8 Å². The van der Waals surface area contributed by atoms with E-state index in [0.717, 1.165) is 12.7 Å². The van der Waals surface area contributed by atoms with Crippen LogP contribution < -0.4 is 4.90 Å². The predicted octanol–water partition coefficient (Wildman–Crippen LogP) is 3.70. The van der Waals surface area contributed by atoms with Crippen LogP contribution in [0.5, 0.6) is 0 Å². The summed E-state index contributed by atoms with van der Waals surface area (Å²) in [5.41, 5.74) is 1.61. The van der Waals surface area contributed by atoms with Crippen LogP contribution in [0.25, 0.3) is 0 Å². The molecule has 7 nitrogen and oxygen atoms in total. The van der Waals surface area contributed by atoms with Gasteiger partial charge in [-0.2, -0.15) is 0 Å². The molecule has 164 valence electrons. The molecular formula is C23H32N2O5. The van der Waals surface area contributed by atoms with Crippen molar-refractivity contribution < 1.29 is 24.3 Å². The number of rotatable bonds is 11. The van der Waals surface area contributed by atoms with Crippen molar-refractivity contribution in [2.24, 2.45) is 5.92 Å².